The molecule has 17 nitrogen and oxygen atoms in total. The van der Waals surface area contributed by atoms with Gasteiger partial charge in [-0.2, -0.15) is 21.4 Å². The molecule has 0 saturated heterocycles. The SMILES string of the molecule is COCCOCCC1(C)C(/C=C/C=C2/N(CCCS(=O)(=O)O)c3ccc(S(=O)(=O)[O-])cc3C2(C)CCOCCOC)=[N+](CCCCCC(=O)O)c2ccc(S(=O)(=O)O)cc21. The maximum absolute atomic E-state index is 12.4. The van der Waals surface area contributed by atoms with Gasteiger partial charge in [-0.05, 0) is 87.9 Å². The van der Waals surface area contributed by atoms with Gasteiger partial charge in [-0.25, -0.2) is 8.42 Å². The van der Waals surface area contributed by atoms with E-state index in [2.05, 4.69) is 0 Å². The zero-order chi connectivity index (χ0) is 44.4. The van der Waals surface area contributed by atoms with Crippen molar-refractivity contribution in [3.63, 3.8) is 0 Å². The van der Waals surface area contributed by atoms with Crippen LogP contribution >= 0.6 is 0 Å². The van der Waals surface area contributed by atoms with Gasteiger partial charge in [0.25, 0.3) is 20.2 Å². The summed E-state index contributed by atoms with van der Waals surface area (Å²) in [7, 11) is -10.7. The van der Waals surface area contributed by atoms with Crippen LogP contribution in [0, 0.1) is 0 Å². The Morgan fingerprint density at radius 3 is 2.00 bits per heavy atom. The molecule has 0 aliphatic carbocycles. The third-order valence-corrected chi connectivity index (χ3v) is 13.4. The summed E-state index contributed by atoms with van der Waals surface area (Å²) in [6.45, 7) is 6.07. The fraction of sp³-hybridized carbons (Fsp3) is 0.550. The molecule has 2 aromatic rings. The van der Waals surface area contributed by atoms with Crippen LogP contribution < -0.4 is 4.90 Å². The molecule has 2 heterocycles. The molecular weight excluding hydrogens is 845 g/mol. The number of ether oxygens (including phenoxy) is 4. The Kier molecular flexibility index (Phi) is 17.2. The average Bonchev–Trinajstić information content (AvgIpc) is 3.53. The van der Waals surface area contributed by atoms with Gasteiger partial charge < -0.3 is 33.5 Å². The number of fused-ring (bicyclic) bond motifs is 2. The number of allylic oxidation sites excluding steroid dienone is 4. The van der Waals surface area contributed by atoms with Gasteiger partial charge in [0.05, 0.1) is 47.4 Å². The van der Waals surface area contributed by atoms with Crippen molar-refractivity contribution in [3.8, 4) is 0 Å². The molecule has 60 heavy (non-hydrogen) atoms. The number of rotatable bonds is 26. The molecular formula is C40H56N2O15S3. The van der Waals surface area contributed by atoms with Crippen molar-refractivity contribution in [3.05, 3.63) is 71.5 Å². The van der Waals surface area contributed by atoms with Crippen molar-refractivity contribution in [2.75, 3.05) is 77.6 Å². The third kappa shape index (κ3) is 12.5. The summed E-state index contributed by atoms with van der Waals surface area (Å²) in [6, 6.07) is 8.44. The van der Waals surface area contributed by atoms with E-state index < -0.39 is 57.8 Å². The zero-order valence-electron chi connectivity index (χ0n) is 34.4. The van der Waals surface area contributed by atoms with Crippen LogP contribution in [0.3, 0.4) is 0 Å². The van der Waals surface area contributed by atoms with E-state index in [9.17, 15) is 48.8 Å². The Bertz CT molecular complexity index is 2270. The number of nitrogens with zero attached hydrogens (tertiary/aromatic N) is 2. The molecule has 0 radical (unpaired) electrons. The summed E-state index contributed by atoms with van der Waals surface area (Å²) in [4.78, 5) is 12.3. The van der Waals surface area contributed by atoms with Crippen molar-refractivity contribution in [2.45, 2.75) is 79.4 Å². The number of carboxylic acid groups (broad SMARTS) is 1. The number of methoxy groups -OCH3 is 2. The molecule has 2 aliphatic rings. The molecule has 4 rings (SSSR count). The maximum Gasteiger partial charge on any atom is 0.303 e. The van der Waals surface area contributed by atoms with Gasteiger partial charge in [0, 0.05) is 81.3 Å². The van der Waals surface area contributed by atoms with Crippen LogP contribution in [0.2, 0.25) is 0 Å². The Labute approximate surface area is 352 Å². The Morgan fingerprint density at radius 2 is 1.42 bits per heavy atom. The molecule has 20 heteroatoms. The molecule has 0 spiro atoms. The number of carboxylic acids is 1. The molecule has 0 bridgehead atoms. The van der Waals surface area contributed by atoms with Gasteiger partial charge >= 0.3 is 5.97 Å². The second-order valence-electron chi connectivity index (χ2n) is 15.1. The second-order valence-corrected chi connectivity index (χ2v) is 19.5. The Morgan fingerprint density at radius 1 is 0.800 bits per heavy atom. The zero-order valence-corrected chi connectivity index (χ0v) is 36.8. The first-order valence-corrected chi connectivity index (χ1v) is 24.0. The van der Waals surface area contributed by atoms with E-state index in [1.54, 1.807) is 19.3 Å². The molecule has 2 aliphatic heterocycles. The number of anilines is 1. The highest BCUT2D eigenvalue weighted by Crippen LogP contribution is 2.51. The normalized spacial score (nSPS) is 20.1. The van der Waals surface area contributed by atoms with E-state index in [1.165, 1.54) is 37.4 Å². The summed E-state index contributed by atoms with van der Waals surface area (Å²) in [5, 5.41) is 9.20. The summed E-state index contributed by atoms with van der Waals surface area (Å²) in [6.07, 6.45) is 7.81. The van der Waals surface area contributed by atoms with E-state index >= 15 is 0 Å². The standard InChI is InChI=1S/C40H56N2O15S3/c1-39(17-21-56-25-23-54-3)32-28-30(59(48,49)50)13-15-34(32)41(19-7-5-6-12-38(43)44)36(39)10-8-11-37-40(2,18-22-57-26-24-55-4)33-29-31(60(51,52)53)14-16-35(33)42(37)20-9-27-58(45,46)47/h8,10-11,13-16,28-29H,5-7,9,12,17-27H2,1-4H3,(H3-,43,44,45,46,47,48,49,50,51,52,53). The summed E-state index contributed by atoms with van der Waals surface area (Å²) >= 11 is 0. The number of carbonyl (C=O) groups is 1. The molecule has 3 N–H and O–H groups in total. The lowest BCUT2D eigenvalue weighted by molar-refractivity contribution is -0.438. The lowest BCUT2D eigenvalue weighted by atomic mass is 9.76. The van der Waals surface area contributed by atoms with Gasteiger partial charge in [-0.3, -0.25) is 13.9 Å². The van der Waals surface area contributed by atoms with Gasteiger partial charge in [-0.1, -0.05) is 6.08 Å². The van der Waals surface area contributed by atoms with E-state index in [4.69, 9.17) is 18.9 Å². The summed E-state index contributed by atoms with van der Waals surface area (Å²) < 4.78 is 129. The van der Waals surface area contributed by atoms with Gasteiger partial charge in [0.1, 0.15) is 16.7 Å². The average molecular weight is 901 g/mol. The number of hydrogen-bond acceptors (Lipinski definition) is 13. The molecule has 0 saturated carbocycles. The Hall–Kier alpha value is -3.57. The molecule has 2 unspecified atom stereocenters. The first-order chi connectivity index (χ1) is 28.2. The molecule has 0 fully saturated rings. The van der Waals surface area contributed by atoms with Crippen LogP contribution in [-0.4, -0.2) is 133 Å². The number of hydrogen-bond donors (Lipinski definition) is 3. The number of aliphatic carboxylic acids is 1. The predicted octanol–water partition coefficient (Wildman–Crippen LogP) is 4.44. The molecule has 0 aromatic heterocycles. The first kappa shape index (κ1) is 49.1. The van der Waals surface area contributed by atoms with Crippen LogP contribution in [-0.2, 0) is 64.9 Å². The fourth-order valence-corrected chi connectivity index (χ4v) is 9.28. The highest BCUT2D eigenvalue weighted by Gasteiger charge is 2.48. The number of benzene rings is 2. The van der Waals surface area contributed by atoms with Crippen molar-refractivity contribution < 1.29 is 72.3 Å². The van der Waals surface area contributed by atoms with Gasteiger partial charge in [0.2, 0.25) is 5.69 Å². The van der Waals surface area contributed by atoms with Crippen LogP contribution in [0.5, 0.6) is 0 Å². The van der Waals surface area contributed by atoms with E-state index in [0.717, 1.165) is 5.71 Å². The topological polar surface area (TPSA) is 246 Å². The lowest BCUT2D eigenvalue weighted by Crippen LogP contribution is -2.33. The lowest BCUT2D eigenvalue weighted by Gasteiger charge is -2.30. The quantitative estimate of drug-likeness (QED) is 0.0671. The van der Waals surface area contributed by atoms with Crippen LogP contribution in [0.15, 0.2) is 70.1 Å². The smallest absolute Gasteiger partial charge is 0.303 e. The molecule has 334 valence electrons. The molecule has 2 aromatic carbocycles. The van der Waals surface area contributed by atoms with E-state index in [-0.39, 0.29) is 44.1 Å². The minimum atomic E-state index is -4.86. The molecule has 0 amide bonds. The second kappa shape index (κ2) is 21.0. The Balaban J connectivity index is 1.90. The van der Waals surface area contributed by atoms with Crippen LogP contribution in [0.25, 0.3) is 0 Å². The largest absolute Gasteiger partial charge is 0.744 e. The third-order valence-electron chi connectivity index (χ3n) is 10.9. The predicted molar refractivity (Wildman–Crippen MR) is 221 cm³/mol. The van der Waals surface area contributed by atoms with Crippen molar-refractivity contribution in [1.29, 1.82) is 0 Å². The maximum atomic E-state index is 12.4. The van der Waals surface area contributed by atoms with E-state index in [1.807, 2.05) is 35.5 Å². The number of unbranched alkanes of at least 4 members (excludes halogenated alkanes) is 2. The van der Waals surface area contributed by atoms with Crippen molar-refractivity contribution >= 4 is 53.4 Å². The summed E-state index contributed by atoms with van der Waals surface area (Å²) in [5.41, 5.74) is 1.84. The highest BCUT2D eigenvalue weighted by atomic mass is 32.2. The van der Waals surface area contributed by atoms with Crippen LogP contribution in [0.1, 0.15) is 69.9 Å². The van der Waals surface area contributed by atoms with Gasteiger partial charge in [-0.15, -0.1) is 0 Å². The van der Waals surface area contributed by atoms with Crippen LogP contribution in [0.4, 0.5) is 11.4 Å². The minimum Gasteiger partial charge on any atom is -0.744 e. The van der Waals surface area contributed by atoms with E-state index in [0.29, 0.717) is 86.7 Å². The fourth-order valence-electron chi connectivity index (χ4n) is 7.79. The first-order valence-electron chi connectivity index (χ1n) is 19.5. The van der Waals surface area contributed by atoms with Gasteiger partial charge in [0.15, 0.2) is 5.71 Å². The van der Waals surface area contributed by atoms with Crippen molar-refractivity contribution in [2.24, 2.45) is 0 Å². The monoisotopic (exact) mass is 900 g/mol. The molecule has 2 atom stereocenters. The highest BCUT2D eigenvalue weighted by molar-refractivity contribution is 7.86. The van der Waals surface area contributed by atoms with Crippen molar-refractivity contribution in [1.82, 2.24) is 0 Å². The summed E-state index contributed by atoms with van der Waals surface area (Å²) in [5.74, 6) is -1.44. The minimum absolute atomic E-state index is 0.000926.